The molecule has 0 aliphatic heterocycles. The third kappa shape index (κ3) is 3.43. The Morgan fingerprint density at radius 2 is 1.75 bits per heavy atom. The first-order valence-electron chi connectivity index (χ1n) is 4.39. The Hall–Kier alpha value is -0.248. The van der Waals surface area contributed by atoms with Gasteiger partial charge in [-0.05, 0) is 17.9 Å². The van der Waals surface area contributed by atoms with Crippen LogP contribution in [0.4, 0.5) is 0 Å². The zero-order valence-electron chi connectivity index (χ0n) is 7.38. The van der Waals surface area contributed by atoms with Crippen LogP contribution in [0.5, 0.6) is 0 Å². The minimum absolute atomic E-state index is 0. The van der Waals surface area contributed by atoms with Gasteiger partial charge in [0.15, 0.2) is 17.4 Å². The fraction of sp³-hybridized carbons (Fsp3) is 0.455. The molecule has 66 valence electrons. The van der Waals surface area contributed by atoms with Crippen LogP contribution in [-0.2, 0) is 0 Å². The fourth-order valence-corrected chi connectivity index (χ4v) is 1.38. The maximum absolute atomic E-state index is 2.29. The predicted octanol–water partition coefficient (Wildman–Crippen LogP) is 2.41. The highest BCUT2D eigenvalue weighted by Crippen LogP contribution is 2.19. The molecule has 0 nitrogen and oxygen atoms in total. The molecule has 0 amide bonds. The van der Waals surface area contributed by atoms with E-state index in [1.165, 1.54) is 18.4 Å². The molecule has 0 bridgehead atoms. The van der Waals surface area contributed by atoms with E-state index >= 15 is 0 Å². The molecular weight excluding hydrogens is 159 g/mol. The summed E-state index contributed by atoms with van der Waals surface area (Å²) in [5.41, 5.74) is 1.47. The van der Waals surface area contributed by atoms with Crippen LogP contribution in [0.15, 0.2) is 30.3 Å². The van der Waals surface area contributed by atoms with E-state index in [0.717, 1.165) is 5.92 Å². The summed E-state index contributed by atoms with van der Waals surface area (Å²) in [6, 6.07) is 10.7. The molecule has 1 atom stereocenters. The average Bonchev–Trinajstić information content (AvgIpc) is 2.07. The van der Waals surface area contributed by atoms with Crippen LogP contribution >= 0.6 is 0 Å². The van der Waals surface area contributed by atoms with Gasteiger partial charge in [-0.15, -0.1) is 0 Å². The molecule has 0 spiro atoms. The summed E-state index contributed by atoms with van der Waals surface area (Å²) >= 11 is 0. The van der Waals surface area contributed by atoms with Gasteiger partial charge in [-0.1, -0.05) is 50.6 Å². The Labute approximate surface area is 86.1 Å². The van der Waals surface area contributed by atoms with Crippen molar-refractivity contribution in [3.8, 4) is 0 Å². The molecule has 0 N–H and O–H groups in total. The summed E-state index contributed by atoms with van der Waals surface area (Å²) in [4.78, 5) is 0. The normalized spacial score (nSPS) is 11.8. The molecule has 0 radical (unpaired) electrons. The van der Waals surface area contributed by atoms with Crippen molar-refractivity contribution in [3.05, 3.63) is 35.9 Å². The minimum atomic E-state index is 0. The number of hydrogen-bond donors (Lipinski definition) is 0. The Bertz CT molecular complexity index is 193. The summed E-state index contributed by atoms with van der Waals surface area (Å²) in [5.74, 6) is 0.723. The summed E-state index contributed by atoms with van der Waals surface area (Å²) < 4.78 is 0. The van der Waals surface area contributed by atoms with E-state index in [2.05, 4.69) is 44.2 Å². The van der Waals surface area contributed by atoms with Crippen molar-refractivity contribution >= 4 is 17.4 Å². The topological polar surface area (TPSA) is 0 Å². The molecule has 1 heteroatoms. The standard InChI is InChI=1S/C11H16.Al.3H/c1-3-7-10(2)11-8-5-4-6-9-11;;;;/h4-6,8-10H,3,7H2,1-2H3;;;;. The molecule has 1 rings (SSSR count). The summed E-state index contributed by atoms with van der Waals surface area (Å²) in [7, 11) is 0. The third-order valence-electron chi connectivity index (χ3n) is 2.09. The van der Waals surface area contributed by atoms with Gasteiger partial charge in [0.25, 0.3) is 0 Å². The highest BCUT2D eigenvalue weighted by molar-refractivity contribution is 5.75. The van der Waals surface area contributed by atoms with Gasteiger partial charge in [-0.2, -0.15) is 0 Å². The molecule has 0 aliphatic carbocycles. The van der Waals surface area contributed by atoms with E-state index in [4.69, 9.17) is 0 Å². The predicted molar refractivity (Wildman–Crippen MR) is 59.7 cm³/mol. The quantitative estimate of drug-likeness (QED) is 0.623. The maximum atomic E-state index is 2.29. The van der Waals surface area contributed by atoms with Gasteiger partial charge in [0.2, 0.25) is 0 Å². The second-order valence-electron chi connectivity index (χ2n) is 3.10. The van der Waals surface area contributed by atoms with E-state index in [9.17, 15) is 0 Å². The molecule has 1 unspecified atom stereocenters. The van der Waals surface area contributed by atoms with Gasteiger partial charge in [0.1, 0.15) is 0 Å². The molecule has 1 aromatic rings. The number of hydrogen-bond acceptors (Lipinski definition) is 0. The zero-order valence-corrected chi connectivity index (χ0v) is 7.38. The largest absolute Gasteiger partial charge is 0.187 e. The van der Waals surface area contributed by atoms with Crippen molar-refractivity contribution in [2.45, 2.75) is 32.6 Å². The lowest BCUT2D eigenvalue weighted by atomic mass is 9.97. The van der Waals surface area contributed by atoms with Crippen molar-refractivity contribution in [2.24, 2.45) is 0 Å². The van der Waals surface area contributed by atoms with E-state index in [-0.39, 0.29) is 17.4 Å². The maximum Gasteiger partial charge on any atom is 0.187 e. The Balaban J connectivity index is 0.00000121. The number of benzene rings is 1. The lowest BCUT2D eigenvalue weighted by molar-refractivity contribution is 0.665. The number of rotatable bonds is 3. The zero-order chi connectivity index (χ0) is 8.10. The van der Waals surface area contributed by atoms with Gasteiger partial charge < -0.3 is 0 Å². The van der Waals surface area contributed by atoms with E-state index < -0.39 is 0 Å². The lowest BCUT2D eigenvalue weighted by Crippen LogP contribution is -1.91. The van der Waals surface area contributed by atoms with Crippen LogP contribution in [0.1, 0.15) is 38.2 Å². The van der Waals surface area contributed by atoms with Crippen molar-refractivity contribution < 1.29 is 0 Å². The monoisotopic (exact) mass is 178 g/mol. The second kappa shape index (κ2) is 6.29. The lowest BCUT2D eigenvalue weighted by Gasteiger charge is -2.08. The van der Waals surface area contributed by atoms with Gasteiger partial charge in [-0.3, -0.25) is 0 Å². The molecule has 1 aromatic carbocycles. The second-order valence-corrected chi connectivity index (χ2v) is 3.10. The van der Waals surface area contributed by atoms with Crippen molar-refractivity contribution in [3.63, 3.8) is 0 Å². The molecular formula is C11H19Al. The van der Waals surface area contributed by atoms with Crippen LogP contribution in [0.2, 0.25) is 0 Å². The SMILES string of the molecule is CCCC(C)c1ccccc1.[AlH3]. The van der Waals surface area contributed by atoms with Crippen LogP contribution in [0.25, 0.3) is 0 Å². The van der Waals surface area contributed by atoms with Gasteiger partial charge in [0, 0.05) is 0 Å². The van der Waals surface area contributed by atoms with E-state index in [0.29, 0.717) is 0 Å². The first-order valence-corrected chi connectivity index (χ1v) is 4.39. The van der Waals surface area contributed by atoms with Crippen molar-refractivity contribution in [2.75, 3.05) is 0 Å². The molecule has 12 heavy (non-hydrogen) atoms. The van der Waals surface area contributed by atoms with Crippen LogP contribution < -0.4 is 0 Å². The van der Waals surface area contributed by atoms with Gasteiger partial charge in [-0.25, -0.2) is 0 Å². The Morgan fingerprint density at radius 3 is 2.25 bits per heavy atom. The first kappa shape index (κ1) is 11.8. The van der Waals surface area contributed by atoms with E-state index in [1.807, 2.05) is 0 Å². The Kier molecular flexibility index (Phi) is 6.16. The summed E-state index contributed by atoms with van der Waals surface area (Å²) in [6.07, 6.45) is 2.57. The molecule has 0 saturated carbocycles. The van der Waals surface area contributed by atoms with Gasteiger partial charge in [0.05, 0.1) is 0 Å². The smallest absolute Gasteiger partial charge is 0.0654 e. The molecule has 0 heterocycles. The van der Waals surface area contributed by atoms with Crippen LogP contribution in [-0.4, -0.2) is 17.4 Å². The van der Waals surface area contributed by atoms with Crippen LogP contribution in [0, 0.1) is 0 Å². The summed E-state index contributed by atoms with van der Waals surface area (Å²) in [6.45, 7) is 4.53. The molecule has 0 saturated heterocycles. The molecule has 0 fully saturated rings. The fourth-order valence-electron chi connectivity index (χ4n) is 1.38. The van der Waals surface area contributed by atoms with Crippen molar-refractivity contribution in [1.82, 2.24) is 0 Å². The Morgan fingerprint density at radius 1 is 1.17 bits per heavy atom. The summed E-state index contributed by atoms with van der Waals surface area (Å²) in [5, 5.41) is 0. The average molecular weight is 178 g/mol. The van der Waals surface area contributed by atoms with E-state index in [1.54, 1.807) is 0 Å². The van der Waals surface area contributed by atoms with Crippen LogP contribution in [0.3, 0.4) is 0 Å². The third-order valence-corrected chi connectivity index (χ3v) is 2.09. The molecule has 0 aromatic heterocycles. The van der Waals surface area contributed by atoms with Gasteiger partial charge >= 0.3 is 0 Å². The van der Waals surface area contributed by atoms with Crippen molar-refractivity contribution in [1.29, 1.82) is 0 Å². The highest BCUT2D eigenvalue weighted by atomic mass is 27.0. The minimum Gasteiger partial charge on any atom is -0.0654 e. The first-order chi connectivity index (χ1) is 5.34. The highest BCUT2D eigenvalue weighted by Gasteiger charge is 2.01. The molecule has 0 aliphatic rings.